The van der Waals surface area contributed by atoms with Gasteiger partial charge in [0.25, 0.3) is 0 Å². The fourth-order valence-corrected chi connectivity index (χ4v) is 8.87. The molecule has 0 saturated heterocycles. The lowest BCUT2D eigenvalue weighted by atomic mass is 9.75. The Morgan fingerprint density at radius 3 is 0.767 bits per heavy atom. The first kappa shape index (κ1) is 41.1. The second-order valence-electron chi connectivity index (χ2n) is 20.9. The quantitative estimate of drug-likeness (QED) is 0.156. The van der Waals surface area contributed by atoms with E-state index < -0.39 is 0 Å². The normalized spacial score (nSPS) is 12.8. The molecule has 0 unspecified atom stereocenters. The fourth-order valence-electron chi connectivity index (χ4n) is 8.87. The summed E-state index contributed by atoms with van der Waals surface area (Å²) in [5.74, 6) is -0.549. The van der Waals surface area contributed by atoms with Crippen LogP contribution in [0.15, 0.2) is 133 Å². The van der Waals surface area contributed by atoms with Gasteiger partial charge in [-0.1, -0.05) is 180 Å². The van der Waals surface area contributed by atoms with Gasteiger partial charge in [0, 0.05) is 0 Å². The number of fused-ring (bicyclic) bond motifs is 3. The van der Waals surface area contributed by atoms with E-state index >= 15 is 0 Å². The van der Waals surface area contributed by atoms with E-state index in [4.69, 9.17) is 0 Å². The lowest BCUT2D eigenvalue weighted by molar-refractivity contribution is 0.590. The number of halogens is 2. The van der Waals surface area contributed by atoms with E-state index in [1.54, 1.807) is 24.3 Å². The molecule has 0 aliphatic carbocycles. The Morgan fingerprint density at radius 2 is 0.500 bits per heavy atom. The maximum atomic E-state index is 15.0. The fraction of sp³-hybridized carbons (Fsp3) is 0.276. The van der Waals surface area contributed by atoms with Gasteiger partial charge in [-0.05, 0) is 157 Å². The molecule has 0 aromatic heterocycles. The molecular weight excluding hydrogens is 735 g/mol. The summed E-state index contributed by atoms with van der Waals surface area (Å²) >= 11 is 0. The van der Waals surface area contributed by atoms with E-state index in [-0.39, 0.29) is 33.3 Å². The Bertz CT molecular complexity index is 2700. The average Bonchev–Trinajstić information content (AvgIpc) is 3.18. The third kappa shape index (κ3) is 7.44. The van der Waals surface area contributed by atoms with Crippen LogP contribution in [0.5, 0.6) is 0 Å². The summed E-state index contributed by atoms with van der Waals surface area (Å²) in [4.78, 5) is 0. The molecular formula is C58H58F2. The maximum absolute atomic E-state index is 15.0. The van der Waals surface area contributed by atoms with Crippen molar-refractivity contribution in [3.63, 3.8) is 0 Å². The Hall–Kier alpha value is -5.60. The highest BCUT2D eigenvalue weighted by molar-refractivity contribution is 6.34. The molecule has 0 amide bonds. The molecule has 304 valence electrons. The van der Waals surface area contributed by atoms with Gasteiger partial charge < -0.3 is 0 Å². The second-order valence-corrected chi connectivity index (χ2v) is 20.9. The van der Waals surface area contributed by atoms with Crippen LogP contribution >= 0.6 is 0 Å². The molecule has 8 rings (SSSR count). The molecule has 0 saturated carbocycles. The zero-order valence-electron chi connectivity index (χ0n) is 37.5. The van der Waals surface area contributed by atoms with Crippen molar-refractivity contribution in [2.75, 3.05) is 0 Å². The minimum atomic E-state index is -0.275. The Balaban J connectivity index is 1.74. The molecule has 0 heterocycles. The minimum absolute atomic E-state index is 0.0259. The SMILES string of the molecule is CC(C)(C)c1ccc(-c2c3ccc(C(C)(C)C)cc3c(-c3ccc(F)cc3)c3c(-c4ccc(C(C)(C)C)cc4)c4ccc(C(C)(C)C)cc4c(-c4ccc(F)cc4)c23)cc1. The highest BCUT2D eigenvalue weighted by Crippen LogP contribution is 2.54. The van der Waals surface area contributed by atoms with Gasteiger partial charge in [0.2, 0.25) is 0 Å². The Morgan fingerprint density at radius 1 is 0.267 bits per heavy atom. The van der Waals surface area contributed by atoms with Crippen LogP contribution < -0.4 is 0 Å². The van der Waals surface area contributed by atoms with E-state index in [2.05, 4.69) is 168 Å². The summed E-state index contributed by atoms with van der Waals surface area (Å²) in [5.41, 5.74) is 13.1. The van der Waals surface area contributed by atoms with Crippen molar-refractivity contribution in [3.8, 4) is 44.5 Å². The van der Waals surface area contributed by atoms with Gasteiger partial charge in [-0.3, -0.25) is 0 Å². The third-order valence-corrected chi connectivity index (χ3v) is 12.4. The van der Waals surface area contributed by atoms with Gasteiger partial charge in [-0.15, -0.1) is 0 Å². The summed E-state index contributed by atoms with van der Waals surface area (Å²) in [5, 5.41) is 6.63. The Labute approximate surface area is 356 Å². The molecule has 0 bridgehead atoms. The van der Waals surface area contributed by atoms with Gasteiger partial charge in [-0.25, -0.2) is 8.78 Å². The molecule has 60 heavy (non-hydrogen) atoms. The second kappa shape index (κ2) is 14.5. The molecule has 8 aromatic carbocycles. The molecule has 0 aliphatic heterocycles. The zero-order chi connectivity index (χ0) is 43.1. The molecule has 0 N–H and O–H groups in total. The highest BCUT2D eigenvalue weighted by Gasteiger charge is 2.29. The highest BCUT2D eigenvalue weighted by atomic mass is 19.1. The third-order valence-electron chi connectivity index (χ3n) is 12.4. The van der Waals surface area contributed by atoms with Crippen molar-refractivity contribution in [1.29, 1.82) is 0 Å². The van der Waals surface area contributed by atoms with E-state index in [1.165, 1.54) is 22.3 Å². The van der Waals surface area contributed by atoms with E-state index in [9.17, 15) is 8.78 Å². The first-order chi connectivity index (χ1) is 28.1. The summed E-state index contributed by atoms with van der Waals surface area (Å²) in [7, 11) is 0. The van der Waals surface area contributed by atoms with Crippen LogP contribution in [0.4, 0.5) is 8.78 Å². The molecule has 2 heteroatoms. The van der Waals surface area contributed by atoms with Crippen LogP contribution in [0.3, 0.4) is 0 Å². The minimum Gasteiger partial charge on any atom is -0.207 e. The van der Waals surface area contributed by atoms with Crippen LogP contribution in [0, 0.1) is 11.6 Å². The van der Waals surface area contributed by atoms with Crippen molar-refractivity contribution in [1.82, 2.24) is 0 Å². The van der Waals surface area contributed by atoms with E-state index in [0.717, 1.165) is 76.8 Å². The molecule has 0 nitrogen and oxygen atoms in total. The topological polar surface area (TPSA) is 0 Å². The van der Waals surface area contributed by atoms with Crippen molar-refractivity contribution < 1.29 is 8.78 Å². The number of rotatable bonds is 4. The first-order valence-electron chi connectivity index (χ1n) is 21.4. The molecule has 0 atom stereocenters. The number of hydrogen-bond donors (Lipinski definition) is 0. The summed E-state index contributed by atoms with van der Waals surface area (Å²) < 4.78 is 29.9. The average molecular weight is 793 g/mol. The largest absolute Gasteiger partial charge is 0.207 e. The van der Waals surface area contributed by atoms with Gasteiger partial charge in [0.15, 0.2) is 0 Å². The maximum Gasteiger partial charge on any atom is 0.123 e. The van der Waals surface area contributed by atoms with Gasteiger partial charge in [0.1, 0.15) is 11.6 Å². The predicted molar refractivity (Wildman–Crippen MR) is 255 cm³/mol. The number of hydrogen-bond acceptors (Lipinski definition) is 0. The summed E-state index contributed by atoms with van der Waals surface area (Å²) in [6.45, 7) is 27.1. The Kier molecular flexibility index (Phi) is 9.98. The van der Waals surface area contributed by atoms with Crippen LogP contribution in [-0.2, 0) is 21.7 Å². The van der Waals surface area contributed by atoms with Gasteiger partial charge in [-0.2, -0.15) is 0 Å². The standard InChI is InChI=1S/C58H58F2/c1-55(2,3)39-21-13-35(14-22-39)49-45-31-25-41(57(7,8)9)33-47(45)52(38-19-29-44(60)30-20-38)54-50(36-15-23-40(24-16-36)56(4,5)6)46-32-26-42(58(10,11)12)34-48(46)51(53(49)54)37-17-27-43(59)28-18-37/h13-34H,1-12H3. The number of benzene rings is 8. The molecule has 0 fully saturated rings. The van der Waals surface area contributed by atoms with E-state index in [0.29, 0.717) is 0 Å². The van der Waals surface area contributed by atoms with Crippen LogP contribution in [0.1, 0.15) is 105 Å². The van der Waals surface area contributed by atoms with Crippen molar-refractivity contribution in [2.45, 2.75) is 105 Å². The van der Waals surface area contributed by atoms with Crippen LogP contribution in [0.2, 0.25) is 0 Å². The molecule has 0 radical (unpaired) electrons. The molecule has 0 aliphatic rings. The summed E-state index contributed by atoms with van der Waals surface area (Å²) in [6, 6.07) is 46.2. The smallest absolute Gasteiger partial charge is 0.123 e. The van der Waals surface area contributed by atoms with Crippen molar-refractivity contribution >= 4 is 32.3 Å². The van der Waals surface area contributed by atoms with Crippen LogP contribution in [-0.4, -0.2) is 0 Å². The first-order valence-corrected chi connectivity index (χ1v) is 21.4. The monoisotopic (exact) mass is 792 g/mol. The summed E-state index contributed by atoms with van der Waals surface area (Å²) in [6.07, 6.45) is 0. The predicted octanol–water partition coefficient (Wildman–Crippen LogP) is 17.3. The van der Waals surface area contributed by atoms with Gasteiger partial charge in [0.05, 0.1) is 0 Å². The van der Waals surface area contributed by atoms with Crippen molar-refractivity contribution in [3.05, 3.63) is 167 Å². The molecule has 8 aromatic rings. The van der Waals surface area contributed by atoms with Crippen LogP contribution in [0.25, 0.3) is 76.8 Å². The van der Waals surface area contributed by atoms with Gasteiger partial charge >= 0.3 is 0 Å². The zero-order valence-corrected chi connectivity index (χ0v) is 37.5. The molecule has 0 spiro atoms. The lowest BCUT2D eigenvalue weighted by Gasteiger charge is -2.28. The lowest BCUT2D eigenvalue weighted by Crippen LogP contribution is -2.11. The van der Waals surface area contributed by atoms with E-state index in [1.807, 2.05) is 24.3 Å². The van der Waals surface area contributed by atoms with Crippen molar-refractivity contribution in [2.24, 2.45) is 0 Å².